The van der Waals surface area contributed by atoms with Gasteiger partial charge in [-0.2, -0.15) is 0 Å². The van der Waals surface area contributed by atoms with E-state index >= 15 is 0 Å². The Labute approximate surface area is 99.8 Å². The van der Waals surface area contributed by atoms with Gasteiger partial charge in [-0.3, -0.25) is 0 Å². The van der Waals surface area contributed by atoms with Gasteiger partial charge in [0.25, 0.3) is 0 Å². The van der Waals surface area contributed by atoms with Crippen molar-refractivity contribution in [2.24, 2.45) is 0 Å². The van der Waals surface area contributed by atoms with E-state index in [2.05, 4.69) is 5.16 Å². The number of aliphatic hydroxyl groups is 1. The van der Waals surface area contributed by atoms with E-state index in [0.717, 1.165) is 22.6 Å². The predicted octanol–water partition coefficient (Wildman–Crippen LogP) is 2.36. The fraction of sp³-hybridized carbons (Fsp3) is 0.308. The van der Waals surface area contributed by atoms with Crippen LogP contribution in [-0.4, -0.2) is 10.3 Å². The summed E-state index contributed by atoms with van der Waals surface area (Å²) in [4.78, 5) is 0. The zero-order valence-corrected chi connectivity index (χ0v) is 9.93. The van der Waals surface area contributed by atoms with Crippen molar-refractivity contribution in [3.05, 3.63) is 46.8 Å². The summed E-state index contributed by atoms with van der Waals surface area (Å²) in [7, 11) is 0. The van der Waals surface area contributed by atoms with Crippen LogP contribution in [0.15, 0.2) is 28.8 Å². The van der Waals surface area contributed by atoms with Crippen LogP contribution in [0.4, 0.5) is 0 Å². The molecule has 0 radical (unpaired) electrons. The Kier molecular flexibility index (Phi) is 3.44. The topological polar surface area (TPSA) is 55.5 Å². The fourth-order valence-electron chi connectivity index (χ4n) is 1.63. The molecule has 4 nitrogen and oxygen atoms in total. The van der Waals surface area contributed by atoms with Gasteiger partial charge in [0, 0.05) is 5.56 Å². The van der Waals surface area contributed by atoms with Crippen molar-refractivity contribution < 1.29 is 14.4 Å². The van der Waals surface area contributed by atoms with Crippen molar-refractivity contribution in [2.45, 2.75) is 27.1 Å². The molecule has 0 saturated carbocycles. The number of hydrogen-bond acceptors (Lipinski definition) is 4. The van der Waals surface area contributed by atoms with Gasteiger partial charge in [-0.25, -0.2) is 0 Å². The predicted molar refractivity (Wildman–Crippen MR) is 62.7 cm³/mol. The molecule has 2 rings (SSSR count). The molecule has 0 aliphatic carbocycles. The number of aliphatic hydroxyl groups excluding tert-OH is 1. The van der Waals surface area contributed by atoms with Crippen LogP contribution in [0.2, 0.25) is 0 Å². The number of para-hydroxylation sites is 1. The summed E-state index contributed by atoms with van der Waals surface area (Å²) in [6.45, 7) is 4.11. The fourth-order valence-corrected chi connectivity index (χ4v) is 1.63. The second kappa shape index (κ2) is 5.01. The van der Waals surface area contributed by atoms with Crippen LogP contribution < -0.4 is 4.74 Å². The maximum atomic E-state index is 9.17. The molecule has 17 heavy (non-hydrogen) atoms. The molecule has 2 aromatic rings. The van der Waals surface area contributed by atoms with Crippen molar-refractivity contribution >= 4 is 0 Å². The van der Waals surface area contributed by atoms with E-state index < -0.39 is 0 Å². The summed E-state index contributed by atoms with van der Waals surface area (Å²) in [5.74, 6) is 1.46. The van der Waals surface area contributed by atoms with Gasteiger partial charge >= 0.3 is 0 Å². The molecule has 0 saturated heterocycles. The smallest absolute Gasteiger partial charge is 0.140 e. The van der Waals surface area contributed by atoms with Crippen LogP contribution in [0.3, 0.4) is 0 Å². The van der Waals surface area contributed by atoms with Crippen LogP contribution in [0.25, 0.3) is 0 Å². The molecule has 90 valence electrons. The summed E-state index contributed by atoms with van der Waals surface area (Å²) in [6.07, 6.45) is 0. The molecule has 1 N–H and O–H groups in total. The van der Waals surface area contributed by atoms with Crippen molar-refractivity contribution in [1.82, 2.24) is 5.16 Å². The highest BCUT2D eigenvalue weighted by Crippen LogP contribution is 2.21. The molecule has 0 amide bonds. The van der Waals surface area contributed by atoms with Crippen LogP contribution >= 0.6 is 0 Å². The van der Waals surface area contributed by atoms with Gasteiger partial charge in [-0.05, 0) is 19.9 Å². The van der Waals surface area contributed by atoms with E-state index in [1.54, 1.807) is 0 Å². The molecule has 0 spiro atoms. The molecule has 1 aromatic heterocycles. The molecule has 0 fully saturated rings. The first-order valence-electron chi connectivity index (χ1n) is 5.45. The number of rotatable bonds is 4. The normalized spacial score (nSPS) is 10.5. The molecule has 0 aliphatic heterocycles. The zero-order valence-electron chi connectivity index (χ0n) is 9.93. The molecule has 0 aliphatic rings. The molecule has 1 heterocycles. The Morgan fingerprint density at radius 2 is 2.06 bits per heavy atom. The molecule has 0 atom stereocenters. The monoisotopic (exact) mass is 233 g/mol. The van der Waals surface area contributed by atoms with Gasteiger partial charge in [0.15, 0.2) is 0 Å². The highest BCUT2D eigenvalue weighted by molar-refractivity contribution is 5.33. The molecule has 0 unspecified atom stereocenters. The van der Waals surface area contributed by atoms with Gasteiger partial charge < -0.3 is 14.4 Å². The maximum Gasteiger partial charge on any atom is 0.140 e. The Morgan fingerprint density at radius 1 is 1.29 bits per heavy atom. The van der Waals surface area contributed by atoms with Crippen molar-refractivity contribution in [2.75, 3.05) is 0 Å². The minimum atomic E-state index is -0.0300. The number of ether oxygens (including phenoxy) is 1. The lowest BCUT2D eigenvalue weighted by Crippen LogP contribution is -2.00. The van der Waals surface area contributed by atoms with Crippen molar-refractivity contribution in [3.8, 4) is 5.75 Å². The molecule has 4 heteroatoms. The van der Waals surface area contributed by atoms with Crippen LogP contribution in [-0.2, 0) is 13.2 Å². The Bertz CT molecular complexity index is 486. The van der Waals surface area contributed by atoms with Crippen molar-refractivity contribution in [1.29, 1.82) is 0 Å². The third-order valence-electron chi connectivity index (χ3n) is 2.70. The number of benzene rings is 1. The lowest BCUT2D eigenvalue weighted by molar-refractivity contribution is 0.258. The summed E-state index contributed by atoms with van der Waals surface area (Å²) in [5, 5.41) is 13.0. The molecule has 0 bridgehead atoms. The van der Waals surface area contributed by atoms with E-state index in [-0.39, 0.29) is 6.61 Å². The first-order valence-corrected chi connectivity index (χ1v) is 5.45. The summed E-state index contributed by atoms with van der Waals surface area (Å²) in [5.41, 5.74) is 2.57. The summed E-state index contributed by atoms with van der Waals surface area (Å²) in [6, 6.07) is 7.42. The first-order chi connectivity index (χ1) is 8.22. The standard InChI is InChI=1S/C13H15NO3/c1-9-12(10(2)17-14-9)8-16-13-6-4-3-5-11(13)7-15/h3-6,15H,7-8H2,1-2H3. The minimum Gasteiger partial charge on any atom is -0.488 e. The Hall–Kier alpha value is -1.81. The van der Waals surface area contributed by atoms with Gasteiger partial charge in [-0.1, -0.05) is 23.4 Å². The first kappa shape index (κ1) is 11.7. The third kappa shape index (κ3) is 2.47. The maximum absolute atomic E-state index is 9.17. The molecular formula is C13H15NO3. The quantitative estimate of drug-likeness (QED) is 0.880. The van der Waals surface area contributed by atoms with E-state index in [0.29, 0.717) is 12.4 Å². The van der Waals surface area contributed by atoms with Crippen molar-refractivity contribution in [3.63, 3.8) is 0 Å². The molecular weight excluding hydrogens is 218 g/mol. The van der Waals surface area contributed by atoms with E-state index in [1.807, 2.05) is 38.1 Å². The average Bonchev–Trinajstić information content (AvgIpc) is 2.67. The van der Waals surface area contributed by atoms with Crippen LogP contribution in [0.5, 0.6) is 5.75 Å². The zero-order chi connectivity index (χ0) is 12.3. The Balaban J connectivity index is 2.12. The highest BCUT2D eigenvalue weighted by atomic mass is 16.5. The second-order valence-electron chi connectivity index (χ2n) is 3.86. The second-order valence-corrected chi connectivity index (χ2v) is 3.86. The van der Waals surface area contributed by atoms with E-state index in [9.17, 15) is 5.11 Å². The van der Waals surface area contributed by atoms with Crippen LogP contribution in [0, 0.1) is 13.8 Å². The van der Waals surface area contributed by atoms with Crippen LogP contribution in [0.1, 0.15) is 22.6 Å². The average molecular weight is 233 g/mol. The lowest BCUT2D eigenvalue weighted by Gasteiger charge is -2.09. The minimum absolute atomic E-state index is 0.0300. The van der Waals surface area contributed by atoms with Gasteiger partial charge in [0.05, 0.1) is 17.9 Å². The number of aromatic nitrogens is 1. The summed E-state index contributed by atoms with van der Waals surface area (Å²) < 4.78 is 10.7. The van der Waals surface area contributed by atoms with Gasteiger partial charge in [0.2, 0.25) is 0 Å². The highest BCUT2D eigenvalue weighted by Gasteiger charge is 2.10. The number of aryl methyl sites for hydroxylation is 2. The third-order valence-corrected chi connectivity index (χ3v) is 2.70. The van der Waals surface area contributed by atoms with E-state index in [1.165, 1.54) is 0 Å². The lowest BCUT2D eigenvalue weighted by atomic mass is 10.2. The SMILES string of the molecule is Cc1noc(C)c1COc1ccccc1CO. The Morgan fingerprint density at radius 3 is 2.71 bits per heavy atom. The van der Waals surface area contributed by atoms with Gasteiger partial charge in [-0.15, -0.1) is 0 Å². The largest absolute Gasteiger partial charge is 0.488 e. The van der Waals surface area contributed by atoms with Gasteiger partial charge in [0.1, 0.15) is 18.1 Å². The number of nitrogens with zero attached hydrogens (tertiary/aromatic N) is 1. The number of hydrogen-bond donors (Lipinski definition) is 1. The molecule has 1 aromatic carbocycles. The summed E-state index contributed by atoms with van der Waals surface area (Å²) >= 11 is 0. The van der Waals surface area contributed by atoms with E-state index in [4.69, 9.17) is 9.26 Å².